The Morgan fingerprint density at radius 1 is 1.06 bits per heavy atom. The summed E-state index contributed by atoms with van der Waals surface area (Å²) >= 11 is 5.98. The fourth-order valence-corrected chi connectivity index (χ4v) is 3.15. The van der Waals surface area contributed by atoms with E-state index in [0.29, 0.717) is 33.5 Å². The molecule has 0 saturated carbocycles. The molecule has 0 saturated heterocycles. The van der Waals surface area contributed by atoms with Crippen LogP contribution in [0.25, 0.3) is 5.65 Å². The number of carbonyl (C=O) groups is 1. The number of halogens is 1. The zero-order valence-corrected chi connectivity index (χ0v) is 17.4. The van der Waals surface area contributed by atoms with Crippen LogP contribution in [-0.4, -0.2) is 15.4 Å². The number of aromatic nitrogens is 2. The van der Waals surface area contributed by atoms with Gasteiger partial charge in [-0.3, -0.25) is 9.20 Å². The Morgan fingerprint density at radius 2 is 1.87 bits per heavy atom. The molecule has 2 N–H and O–H groups in total. The molecule has 0 fully saturated rings. The highest BCUT2D eigenvalue weighted by molar-refractivity contribution is 6.31. The van der Waals surface area contributed by atoms with Crippen LogP contribution in [0.2, 0.25) is 5.02 Å². The van der Waals surface area contributed by atoms with Crippen LogP contribution < -0.4 is 20.9 Å². The quantitative estimate of drug-likeness (QED) is 0.469. The predicted octanol–water partition coefficient (Wildman–Crippen LogP) is 4.88. The highest BCUT2D eigenvalue weighted by atomic mass is 35.5. The Hall–Kier alpha value is -3.84. The molecule has 0 atom stereocenters. The van der Waals surface area contributed by atoms with Crippen molar-refractivity contribution in [3.05, 3.63) is 99.6 Å². The van der Waals surface area contributed by atoms with Gasteiger partial charge < -0.3 is 15.4 Å². The monoisotopic (exact) mass is 434 g/mol. The van der Waals surface area contributed by atoms with Crippen LogP contribution in [0.1, 0.15) is 11.3 Å². The van der Waals surface area contributed by atoms with E-state index in [2.05, 4.69) is 15.6 Å². The van der Waals surface area contributed by atoms with Crippen molar-refractivity contribution in [2.24, 2.45) is 0 Å². The second-order valence-electron chi connectivity index (χ2n) is 6.87. The van der Waals surface area contributed by atoms with Gasteiger partial charge in [-0.05, 0) is 61.0 Å². The number of rotatable bonds is 5. The van der Waals surface area contributed by atoms with Gasteiger partial charge in [0, 0.05) is 28.7 Å². The maximum absolute atomic E-state index is 12.2. The minimum atomic E-state index is -0.375. The molecular weight excluding hydrogens is 416 g/mol. The van der Waals surface area contributed by atoms with E-state index < -0.39 is 0 Å². The van der Waals surface area contributed by atoms with Crippen LogP contribution in [0.15, 0.2) is 77.7 Å². The van der Waals surface area contributed by atoms with E-state index in [1.54, 1.807) is 54.7 Å². The van der Waals surface area contributed by atoms with E-state index >= 15 is 0 Å². The lowest BCUT2D eigenvalue weighted by Crippen LogP contribution is -2.19. The number of nitrogens with one attached hydrogen (secondary N) is 2. The maximum Gasteiger partial charge on any atom is 0.323 e. The van der Waals surface area contributed by atoms with Crippen LogP contribution >= 0.6 is 11.6 Å². The fourth-order valence-electron chi connectivity index (χ4n) is 2.98. The third-order valence-electron chi connectivity index (χ3n) is 4.57. The highest BCUT2D eigenvalue weighted by Crippen LogP contribution is 2.21. The number of ether oxygens (including phenoxy) is 1. The molecule has 31 heavy (non-hydrogen) atoms. The van der Waals surface area contributed by atoms with Gasteiger partial charge in [0.1, 0.15) is 18.0 Å². The first-order valence-electron chi connectivity index (χ1n) is 9.52. The molecule has 2 amide bonds. The number of nitrogens with zero attached hydrogens (tertiary/aromatic N) is 2. The average molecular weight is 435 g/mol. The van der Waals surface area contributed by atoms with Gasteiger partial charge in [0.05, 0.1) is 5.69 Å². The van der Waals surface area contributed by atoms with E-state index in [0.717, 1.165) is 5.56 Å². The second kappa shape index (κ2) is 8.89. The smallest absolute Gasteiger partial charge is 0.323 e. The van der Waals surface area contributed by atoms with E-state index in [-0.39, 0.29) is 18.2 Å². The van der Waals surface area contributed by atoms with Gasteiger partial charge in [0.2, 0.25) is 0 Å². The number of anilines is 2. The molecule has 0 unspecified atom stereocenters. The van der Waals surface area contributed by atoms with E-state index in [1.807, 2.05) is 19.1 Å². The lowest BCUT2D eigenvalue weighted by molar-refractivity contribution is 0.262. The van der Waals surface area contributed by atoms with Crippen LogP contribution in [0.3, 0.4) is 0 Å². The third kappa shape index (κ3) is 5.02. The minimum absolute atomic E-state index is 0.155. The highest BCUT2D eigenvalue weighted by Gasteiger charge is 2.07. The van der Waals surface area contributed by atoms with Crippen molar-refractivity contribution in [1.82, 2.24) is 9.38 Å². The van der Waals surface area contributed by atoms with Crippen molar-refractivity contribution in [3.8, 4) is 5.75 Å². The van der Waals surface area contributed by atoms with Gasteiger partial charge in [-0.1, -0.05) is 23.7 Å². The van der Waals surface area contributed by atoms with Gasteiger partial charge >= 0.3 is 6.03 Å². The molecule has 0 aliphatic carbocycles. The number of aryl methyl sites for hydroxylation is 1. The van der Waals surface area contributed by atoms with Crippen LogP contribution in [-0.2, 0) is 6.61 Å². The summed E-state index contributed by atoms with van der Waals surface area (Å²) in [6.07, 6.45) is 1.67. The van der Waals surface area contributed by atoms with Crippen molar-refractivity contribution in [2.45, 2.75) is 13.5 Å². The summed E-state index contributed by atoms with van der Waals surface area (Å²) in [5.41, 5.74) is 3.09. The molecule has 8 heteroatoms. The van der Waals surface area contributed by atoms with Crippen molar-refractivity contribution >= 4 is 34.7 Å². The predicted molar refractivity (Wildman–Crippen MR) is 121 cm³/mol. The normalized spacial score (nSPS) is 10.6. The summed E-state index contributed by atoms with van der Waals surface area (Å²) in [5, 5.41) is 6.08. The van der Waals surface area contributed by atoms with Gasteiger partial charge in [0.25, 0.3) is 5.56 Å². The molecule has 4 aromatic rings. The van der Waals surface area contributed by atoms with Crippen LogP contribution in [0.4, 0.5) is 16.2 Å². The largest absolute Gasteiger partial charge is 0.487 e. The summed E-state index contributed by atoms with van der Waals surface area (Å²) in [4.78, 5) is 28.8. The first-order chi connectivity index (χ1) is 15.0. The van der Waals surface area contributed by atoms with Crippen LogP contribution in [0.5, 0.6) is 5.75 Å². The second-order valence-corrected chi connectivity index (χ2v) is 7.30. The molecule has 156 valence electrons. The average Bonchev–Trinajstić information content (AvgIpc) is 2.76. The molecule has 2 aromatic carbocycles. The van der Waals surface area contributed by atoms with Crippen molar-refractivity contribution in [1.29, 1.82) is 0 Å². The molecule has 2 heterocycles. The lowest BCUT2D eigenvalue weighted by Gasteiger charge is -2.11. The number of fused-ring (bicyclic) bond motifs is 1. The number of carbonyl (C=O) groups excluding carboxylic acids is 1. The molecule has 4 rings (SSSR count). The van der Waals surface area contributed by atoms with Crippen molar-refractivity contribution in [3.63, 3.8) is 0 Å². The molecule has 0 radical (unpaired) electrons. The summed E-state index contributed by atoms with van der Waals surface area (Å²) in [6.45, 7) is 2.04. The molecule has 0 spiro atoms. The Morgan fingerprint density at radius 3 is 2.68 bits per heavy atom. The van der Waals surface area contributed by atoms with E-state index in [1.165, 1.54) is 10.5 Å². The Balaban J connectivity index is 1.36. The number of benzene rings is 2. The molecule has 7 nitrogen and oxygen atoms in total. The first kappa shape index (κ1) is 20.4. The number of amides is 2. The van der Waals surface area contributed by atoms with Gasteiger partial charge in [-0.25, -0.2) is 9.78 Å². The Bertz CT molecular complexity index is 1300. The van der Waals surface area contributed by atoms with Gasteiger partial charge in [-0.15, -0.1) is 0 Å². The lowest BCUT2D eigenvalue weighted by atomic mass is 10.2. The zero-order chi connectivity index (χ0) is 21.8. The summed E-state index contributed by atoms with van der Waals surface area (Å²) in [7, 11) is 0. The minimum Gasteiger partial charge on any atom is -0.487 e. The Kier molecular flexibility index (Phi) is 5.86. The fraction of sp³-hybridized carbons (Fsp3) is 0.0870. The molecule has 0 aliphatic rings. The van der Waals surface area contributed by atoms with Crippen molar-refractivity contribution in [2.75, 3.05) is 10.6 Å². The summed E-state index contributed by atoms with van der Waals surface area (Å²) < 4.78 is 7.20. The van der Waals surface area contributed by atoms with E-state index in [4.69, 9.17) is 16.3 Å². The molecule has 0 aliphatic heterocycles. The van der Waals surface area contributed by atoms with Crippen molar-refractivity contribution < 1.29 is 9.53 Å². The summed E-state index contributed by atoms with van der Waals surface area (Å²) in [5.74, 6) is 0.590. The third-order valence-corrected chi connectivity index (χ3v) is 4.81. The SMILES string of the molecule is Cc1ccc(Cl)cc1NC(=O)Nc1ccc(OCc2cc(=O)n3ccccc3n2)cc1. The standard InChI is InChI=1S/C23H19ClN4O3/c1-15-5-6-16(24)12-20(15)27-23(30)26-17-7-9-19(10-8-17)31-14-18-13-22(29)28-11-3-2-4-21(28)25-18/h2-13H,14H2,1H3,(H2,26,27,30). The number of hydrogen-bond acceptors (Lipinski definition) is 4. The topological polar surface area (TPSA) is 84.7 Å². The molecular formula is C23H19ClN4O3. The summed E-state index contributed by atoms with van der Waals surface area (Å²) in [6, 6.07) is 18.6. The Labute approximate surface area is 183 Å². The maximum atomic E-state index is 12.2. The number of pyridine rings is 1. The van der Waals surface area contributed by atoms with E-state index in [9.17, 15) is 9.59 Å². The molecule has 0 bridgehead atoms. The van der Waals surface area contributed by atoms with Crippen LogP contribution in [0, 0.1) is 6.92 Å². The van der Waals surface area contributed by atoms with Gasteiger partial charge in [-0.2, -0.15) is 0 Å². The number of hydrogen-bond donors (Lipinski definition) is 2. The zero-order valence-electron chi connectivity index (χ0n) is 16.6. The first-order valence-corrected chi connectivity index (χ1v) is 9.90. The molecule has 2 aromatic heterocycles. The number of urea groups is 1. The van der Waals surface area contributed by atoms with Gasteiger partial charge in [0.15, 0.2) is 0 Å².